The Morgan fingerprint density at radius 1 is 1.44 bits per heavy atom. The molecule has 0 saturated carbocycles. The van der Waals surface area contributed by atoms with Crippen molar-refractivity contribution in [3.05, 3.63) is 21.9 Å². The van der Waals surface area contributed by atoms with Gasteiger partial charge < -0.3 is 10.4 Å². The molecule has 2 N–H and O–H groups in total. The van der Waals surface area contributed by atoms with E-state index < -0.39 is 0 Å². The maximum Gasteiger partial charge on any atom is 0.103 e. The summed E-state index contributed by atoms with van der Waals surface area (Å²) in [5.41, 5.74) is 0.186. The van der Waals surface area contributed by atoms with Gasteiger partial charge in [0.25, 0.3) is 0 Å². The van der Waals surface area contributed by atoms with E-state index in [1.54, 1.807) is 11.3 Å². The molecule has 2 nitrogen and oxygen atoms in total. The van der Waals surface area contributed by atoms with Gasteiger partial charge in [0.05, 0.1) is 0 Å². The summed E-state index contributed by atoms with van der Waals surface area (Å²) in [6, 6.07) is 4.49. The fraction of sp³-hybridized carbons (Fsp3) is 0.692. The van der Waals surface area contributed by atoms with Gasteiger partial charge in [-0.1, -0.05) is 20.8 Å². The van der Waals surface area contributed by atoms with Crippen LogP contribution in [0.4, 0.5) is 0 Å². The first-order valence-electron chi connectivity index (χ1n) is 6.00. The zero-order chi connectivity index (χ0) is 11.8. The summed E-state index contributed by atoms with van der Waals surface area (Å²) < 4.78 is 0. The Bertz CT molecular complexity index is 347. The first-order chi connectivity index (χ1) is 7.48. The van der Waals surface area contributed by atoms with Crippen LogP contribution in [0, 0.1) is 0 Å². The minimum absolute atomic E-state index is 0.186. The largest absolute Gasteiger partial charge is 0.386 e. The summed E-state index contributed by atoms with van der Waals surface area (Å²) >= 11 is 1.74. The fourth-order valence-corrected chi connectivity index (χ4v) is 3.21. The van der Waals surface area contributed by atoms with E-state index in [0.717, 1.165) is 17.8 Å². The number of aliphatic hydroxyl groups is 1. The molecular formula is C13H21NOS. The minimum atomic E-state index is -0.330. The molecule has 1 aliphatic rings. The third-order valence-corrected chi connectivity index (χ3v) is 4.72. The SMILES string of the molecule is CC(C)(C)c1ccc(C(O)C2CCCN2)s1. The molecule has 1 aromatic heterocycles. The quantitative estimate of drug-likeness (QED) is 0.832. The van der Waals surface area contributed by atoms with E-state index in [-0.39, 0.29) is 17.6 Å². The molecule has 1 aromatic rings. The lowest BCUT2D eigenvalue weighted by molar-refractivity contribution is 0.141. The Hall–Kier alpha value is -0.380. The molecule has 2 heterocycles. The Kier molecular flexibility index (Phi) is 3.38. The molecule has 2 atom stereocenters. The van der Waals surface area contributed by atoms with Gasteiger partial charge in [0, 0.05) is 15.8 Å². The smallest absolute Gasteiger partial charge is 0.103 e. The molecular weight excluding hydrogens is 218 g/mol. The normalized spacial score (nSPS) is 23.6. The lowest BCUT2D eigenvalue weighted by Crippen LogP contribution is -2.28. The molecule has 1 fully saturated rings. The van der Waals surface area contributed by atoms with Gasteiger partial charge in [-0.15, -0.1) is 11.3 Å². The molecule has 0 radical (unpaired) electrons. The second-order valence-corrected chi connectivity index (χ2v) is 6.72. The summed E-state index contributed by atoms with van der Waals surface area (Å²) in [6.07, 6.45) is 1.94. The maximum absolute atomic E-state index is 10.2. The average Bonchev–Trinajstić information content (AvgIpc) is 2.87. The standard InChI is InChI=1S/C13H21NOS/c1-13(2,3)11-7-6-10(16-11)12(15)9-5-4-8-14-9/h6-7,9,12,14-15H,4-5,8H2,1-3H3. The Morgan fingerprint density at radius 2 is 2.19 bits per heavy atom. The molecule has 0 bridgehead atoms. The van der Waals surface area contributed by atoms with E-state index in [9.17, 15) is 5.11 Å². The molecule has 1 saturated heterocycles. The van der Waals surface area contributed by atoms with Crippen LogP contribution in [0.3, 0.4) is 0 Å². The van der Waals surface area contributed by atoms with Crippen LogP contribution < -0.4 is 5.32 Å². The highest BCUT2D eigenvalue weighted by Crippen LogP contribution is 2.34. The predicted molar refractivity (Wildman–Crippen MR) is 69.0 cm³/mol. The first-order valence-corrected chi connectivity index (χ1v) is 6.82. The van der Waals surface area contributed by atoms with Crippen molar-refractivity contribution in [3.63, 3.8) is 0 Å². The highest BCUT2D eigenvalue weighted by molar-refractivity contribution is 7.12. The lowest BCUT2D eigenvalue weighted by atomic mass is 9.95. The van der Waals surface area contributed by atoms with Crippen molar-refractivity contribution in [3.8, 4) is 0 Å². The maximum atomic E-state index is 10.2. The van der Waals surface area contributed by atoms with Gasteiger partial charge >= 0.3 is 0 Å². The van der Waals surface area contributed by atoms with Crippen molar-refractivity contribution < 1.29 is 5.11 Å². The van der Waals surface area contributed by atoms with Gasteiger partial charge in [-0.3, -0.25) is 0 Å². The van der Waals surface area contributed by atoms with Crippen molar-refractivity contribution in [1.29, 1.82) is 0 Å². The molecule has 2 unspecified atom stereocenters. The third kappa shape index (κ3) is 2.47. The van der Waals surface area contributed by atoms with Crippen LogP contribution in [0.15, 0.2) is 12.1 Å². The molecule has 0 spiro atoms. The van der Waals surface area contributed by atoms with E-state index in [4.69, 9.17) is 0 Å². The van der Waals surface area contributed by atoms with Crippen molar-refractivity contribution in [2.75, 3.05) is 6.54 Å². The molecule has 1 aliphatic heterocycles. The number of aliphatic hydroxyl groups excluding tert-OH is 1. The molecule has 3 heteroatoms. The van der Waals surface area contributed by atoms with Gasteiger partial charge in [-0.2, -0.15) is 0 Å². The van der Waals surface area contributed by atoms with Crippen molar-refractivity contribution in [2.24, 2.45) is 0 Å². The van der Waals surface area contributed by atoms with Crippen molar-refractivity contribution in [1.82, 2.24) is 5.32 Å². The molecule has 2 rings (SSSR count). The Balaban J connectivity index is 2.12. The zero-order valence-electron chi connectivity index (χ0n) is 10.3. The van der Waals surface area contributed by atoms with E-state index in [1.165, 1.54) is 11.3 Å². The number of nitrogens with one attached hydrogen (secondary N) is 1. The molecule has 90 valence electrons. The highest BCUT2D eigenvalue weighted by Gasteiger charge is 2.26. The molecule has 0 aromatic carbocycles. The number of hydrogen-bond acceptors (Lipinski definition) is 3. The van der Waals surface area contributed by atoms with Crippen molar-refractivity contribution >= 4 is 11.3 Å². The van der Waals surface area contributed by atoms with Gasteiger partial charge in [-0.25, -0.2) is 0 Å². The molecule has 16 heavy (non-hydrogen) atoms. The third-order valence-electron chi connectivity index (χ3n) is 3.14. The van der Waals surface area contributed by atoms with Crippen LogP contribution in [0.25, 0.3) is 0 Å². The average molecular weight is 239 g/mol. The second-order valence-electron chi connectivity index (χ2n) is 5.60. The lowest BCUT2D eigenvalue weighted by Gasteiger charge is -2.18. The van der Waals surface area contributed by atoms with Crippen LogP contribution >= 0.6 is 11.3 Å². The first kappa shape index (κ1) is 12.1. The van der Waals surface area contributed by atoms with Crippen LogP contribution in [-0.2, 0) is 5.41 Å². The van der Waals surface area contributed by atoms with Crippen LogP contribution in [0.1, 0.15) is 49.5 Å². The topological polar surface area (TPSA) is 32.3 Å². The molecule has 0 amide bonds. The number of rotatable bonds is 2. The monoisotopic (exact) mass is 239 g/mol. The van der Waals surface area contributed by atoms with Crippen molar-refractivity contribution in [2.45, 2.75) is 51.2 Å². The molecule has 0 aliphatic carbocycles. The number of hydrogen-bond donors (Lipinski definition) is 2. The summed E-state index contributed by atoms with van der Waals surface area (Å²) in [5.74, 6) is 0. The van der Waals surface area contributed by atoms with Gasteiger partial charge in [-0.05, 0) is 36.9 Å². The second kappa shape index (κ2) is 4.47. The van der Waals surface area contributed by atoms with E-state index in [2.05, 4.69) is 38.2 Å². The Morgan fingerprint density at radius 3 is 2.69 bits per heavy atom. The predicted octanol–water partition coefficient (Wildman–Crippen LogP) is 2.83. The van der Waals surface area contributed by atoms with E-state index >= 15 is 0 Å². The summed E-state index contributed by atoms with van der Waals surface area (Å²) in [6.45, 7) is 7.67. The van der Waals surface area contributed by atoms with E-state index in [0.29, 0.717) is 0 Å². The minimum Gasteiger partial charge on any atom is -0.386 e. The van der Waals surface area contributed by atoms with Gasteiger partial charge in [0.2, 0.25) is 0 Å². The van der Waals surface area contributed by atoms with Crippen LogP contribution in [0.2, 0.25) is 0 Å². The summed E-state index contributed by atoms with van der Waals surface area (Å²) in [4.78, 5) is 2.45. The van der Waals surface area contributed by atoms with Crippen LogP contribution in [0.5, 0.6) is 0 Å². The van der Waals surface area contributed by atoms with Gasteiger partial charge in [0.15, 0.2) is 0 Å². The van der Waals surface area contributed by atoms with Gasteiger partial charge in [0.1, 0.15) is 6.10 Å². The highest BCUT2D eigenvalue weighted by atomic mass is 32.1. The van der Waals surface area contributed by atoms with Crippen LogP contribution in [-0.4, -0.2) is 17.7 Å². The zero-order valence-corrected chi connectivity index (χ0v) is 11.1. The summed E-state index contributed by atoms with van der Waals surface area (Å²) in [7, 11) is 0. The van der Waals surface area contributed by atoms with E-state index in [1.807, 2.05) is 0 Å². The summed E-state index contributed by atoms with van der Waals surface area (Å²) in [5, 5.41) is 13.6. The fourth-order valence-electron chi connectivity index (χ4n) is 2.09. The number of thiophene rings is 1. The Labute approximate surface area is 102 Å².